The van der Waals surface area contributed by atoms with E-state index in [-0.39, 0.29) is 11.5 Å². The van der Waals surface area contributed by atoms with Gasteiger partial charge in [0.15, 0.2) is 0 Å². The third-order valence-electron chi connectivity index (χ3n) is 5.51. The second-order valence-electron chi connectivity index (χ2n) is 7.16. The van der Waals surface area contributed by atoms with E-state index in [1.807, 2.05) is 18.7 Å². The second-order valence-corrected chi connectivity index (χ2v) is 7.16. The molecule has 5 heteroatoms. The van der Waals surface area contributed by atoms with Crippen molar-refractivity contribution in [2.75, 3.05) is 13.1 Å². The van der Waals surface area contributed by atoms with Crippen molar-refractivity contribution in [1.82, 2.24) is 14.5 Å². The molecule has 130 valence electrons. The Morgan fingerprint density at radius 1 is 1.21 bits per heavy atom. The van der Waals surface area contributed by atoms with E-state index in [1.54, 1.807) is 10.9 Å². The molecular formula is C19H27N3O2. The molecule has 1 aliphatic carbocycles. The number of piperidine rings is 1. The smallest absolute Gasteiger partial charge is 0.256 e. The highest BCUT2D eigenvalue weighted by Crippen LogP contribution is 2.25. The molecule has 0 spiro atoms. The number of rotatable bonds is 3. The van der Waals surface area contributed by atoms with E-state index >= 15 is 0 Å². The molecule has 1 aliphatic heterocycles. The zero-order chi connectivity index (χ0) is 17.1. The SMILES string of the molecule is Cc1ncn(CC2CCN(C(=O)C3CC=CCC3)CC2)c(=O)c1C. The summed E-state index contributed by atoms with van der Waals surface area (Å²) < 4.78 is 1.73. The Kier molecular flexibility index (Phi) is 5.17. The average Bonchev–Trinajstić information content (AvgIpc) is 2.63. The van der Waals surface area contributed by atoms with Crippen molar-refractivity contribution in [1.29, 1.82) is 0 Å². The number of hydrogen-bond donors (Lipinski definition) is 0. The predicted octanol–water partition coefficient (Wildman–Crippen LogP) is 2.46. The van der Waals surface area contributed by atoms with E-state index in [9.17, 15) is 9.59 Å². The van der Waals surface area contributed by atoms with Gasteiger partial charge in [-0.25, -0.2) is 4.98 Å². The molecule has 1 saturated heterocycles. The average molecular weight is 329 g/mol. The van der Waals surface area contributed by atoms with E-state index in [4.69, 9.17) is 0 Å². The quantitative estimate of drug-likeness (QED) is 0.801. The molecule has 1 aromatic heterocycles. The third kappa shape index (κ3) is 3.60. The van der Waals surface area contributed by atoms with E-state index in [0.29, 0.717) is 18.4 Å². The van der Waals surface area contributed by atoms with E-state index in [0.717, 1.165) is 56.5 Å². The van der Waals surface area contributed by atoms with E-state index < -0.39 is 0 Å². The van der Waals surface area contributed by atoms with Crippen LogP contribution in [0.25, 0.3) is 0 Å². The Labute approximate surface area is 143 Å². The highest BCUT2D eigenvalue weighted by molar-refractivity contribution is 5.79. The van der Waals surface area contributed by atoms with Crippen LogP contribution in [0.1, 0.15) is 43.4 Å². The molecule has 2 aliphatic rings. The summed E-state index contributed by atoms with van der Waals surface area (Å²) in [6.45, 7) is 6.04. The molecule has 5 nitrogen and oxygen atoms in total. The van der Waals surface area contributed by atoms with Gasteiger partial charge in [0, 0.05) is 36.8 Å². The molecule has 0 radical (unpaired) electrons. The number of allylic oxidation sites excluding steroid dienone is 2. The minimum atomic E-state index is 0.0648. The molecule has 1 amide bonds. The van der Waals surface area contributed by atoms with Crippen LogP contribution in [0, 0.1) is 25.7 Å². The Bertz CT molecular complexity index is 684. The second kappa shape index (κ2) is 7.32. The summed E-state index contributed by atoms with van der Waals surface area (Å²) >= 11 is 0. The Morgan fingerprint density at radius 2 is 1.96 bits per heavy atom. The van der Waals surface area contributed by atoms with Crippen LogP contribution < -0.4 is 5.56 Å². The fourth-order valence-corrected chi connectivity index (χ4v) is 3.70. The van der Waals surface area contributed by atoms with Gasteiger partial charge in [-0.05, 0) is 51.9 Å². The lowest BCUT2D eigenvalue weighted by Crippen LogP contribution is -2.43. The zero-order valence-electron chi connectivity index (χ0n) is 14.7. The maximum absolute atomic E-state index is 12.6. The molecular weight excluding hydrogens is 302 g/mol. The molecule has 2 heterocycles. The van der Waals surface area contributed by atoms with Gasteiger partial charge in [0.05, 0.1) is 6.33 Å². The topological polar surface area (TPSA) is 55.2 Å². The fraction of sp³-hybridized carbons (Fsp3) is 0.632. The fourth-order valence-electron chi connectivity index (χ4n) is 3.70. The summed E-state index contributed by atoms with van der Waals surface area (Å²) in [7, 11) is 0. The normalized spacial score (nSPS) is 21.9. The van der Waals surface area contributed by atoms with Gasteiger partial charge in [-0.3, -0.25) is 14.2 Å². The van der Waals surface area contributed by atoms with Crippen LogP contribution in [0.15, 0.2) is 23.3 Å². The Morgan fingerprint density at radius 3 is 2.62 bits per heavy atom. The van der Waals surface area contributed by atoms with Gasteiger partial charge in [0.2, 0.25) is 5.91 Å². The molecule has 1 atom stereocenters. The first-order chi connectivity index (χ1) is 11.6. The first-order valence-corrected chi connectivity index (χ1v) is 9.02. The predicted molar refractivity (Wildman–Crippen MR) is 93.8 cm³/mol. The van der Waals surface area contributed by atoms with Crippen LogP contribution >= 0.6 is 0 Å². The summed E-state index contributed by atoms with van der Waals surface area (Å²) in [5.74, 6) is 0.947. The zero-order valence-corrected chi connectivity index (χ0v) is 14.7. The highest BCUT2D eigenvalue weighted by atomic mass is 16.2. The van der Waals surface area contributed by atoms with Gasteiger partial charge < -0.3 is 4.90 Å². The highest BCUT2D eigenvalue weighted by Gasteiger charge is 2.28. The van der Waals surface area contributed by atoms with E-state index in [2.05, 4.69) is 17.1 Å². The number of carbonyl (C=O) groups is 1. The number of aryl methyl sites for hydroxylation is 1. The van der Waals surface area contributed by atoms with Gasteiger partial charge in [-0.2, -0.15) is 0 Å². The van der Waals surface area contributed by atoms with Crippen molar-refractivity contribution in [3.05, 3.63) is 40.1 Å². The molecule has 1 fully saturated rings. The van der Waals surface area contributed by atoms with Gasteiger partial charge >= 0.3 is 0 Å². The van der Waals surface area contributed by atoms with Crippen molar-refractivity contribution in [2.24, 2.45) is 11.8 Å². The molecule has 0 bridgehead atoms. The number of amides is 1. The lowest BCUT2D eigenvalue weighted by Gasteiger charge is -2.34. The lowest BCUT2D eigenvalue weighted by molar-refractivity contribution is -0.137. The molecule has 0 aromatic carbocycles. The van der Waals surface area contributed by atoms with Gasteiger partial charge in [-0.15, -0.1) is 0 Å². The number of hydrogen-bond acceptors (Lipinski definition) is 3. The summed E-state index contributed by atoms with van der Waals surface area (Å²) in [6, 6.07) is 0. The first-order valence-electron chi connectivity index (χ1n) is 9.02. The Hall–Kier alpha value is -1.91. The van der Waals surface area contributed by atoms with Gasteiger partial charge in [0.1, 0.15) is 0 Å². The van der Waals surface area contributed by atoms with Gasteiger partial charge in [0.25, 0.3) is 5.56 Å². The first kappa shape index (κ1) is 16.9. The van der Waals surface area contributed by atoms with E-state index in [1.165, 1.54) is 0 Å². The number of carbonyl (C=O) groups excluding carboxylic acids is 1. The molecule has 1 aromatic rings. The Balaban J connectivity index is 1.56. The van der Waals surface area contributed by atoms with Crippen LogP contribution in [0.2, 0.25) is 0 Å². The van der Waals surface area contributed by atoms with Crippen LogP contribution in [-0.2, 0) is 11.3 Å². The summed E-state index contributed by atoms with van der Waals surface area (Å²) in [6.07, 6.45) is 10.8. The van der Waals surface area contributed by atoms with Crippen LogP contribution in [0.4, 0.5) is 0 Å². The summed E-state index contributed by atoms with van der Waals surface area (Å²) in [4.78, 5) is 31.2. The minimum Gasteiger partial charge on any atom is -0.342 e. The molecule has 3 rings (SSSR count). The summed E-state index contributed by atoms with van der Waals surface area (Å²) in [5.41, 5.74) is 1.60. The van der Waals surface area contributed by atoms with Crippen molar-refractivity contribution >= 4 is 5.91 Å². The van der Waals surface area contributed by atoms with Crippen LogP contribution in [0.3, 0.4) is 0 Å². The largest absolute Gasteiger partial charge is 0.342 e. The van der Waals surface area contributed by atoms with Crippen molar-refractivity contribution < 1.29 is 4.79 Å². The van der Waals surface area contributed by atoms with Crippen molar-refractivity contribution in [2.45, 2.75) is 52.5 Å². The number of aromatic nitrogens is 2. The van der Waals surface area contributed by atoms with Crippen molar-refractivity contribution in [3.63, 3.8) is 0 Å². The maximum atomic E-state index is 12.6. The number of nitrogens with zero attached hydrogens (tertiary/aromatic N) is 3. The molecule has 1 unspecified atom stereocenters. The monoisotopic (exact) mass is 329 g/mol. The van der Waals surface area contributed by atoms with Crippen molar-refractivity contribution in [3.8, 4) is 0 Å². The standard InChI is InChI=1S/C19H27N3O2/c1-14-15(2)20-13-22(18(14)23)12-16-8-10-21(11-9-16)19(24)17-6-4-3-5-7-17/h3-4,13,16-17H,5-12H2,1-2H3. The lowest BCUT2D eigenvalue weighted by atomic mass is 9.91. The summed E-state index contributed by atoms with van der Waals surface area (Å²) in [5, 5.41) is 0. The molecule has 0 saturated carbocycles. The third-order valence-corrected chi connectivity index (χ3v) is 5.51. The molecule has 0 N–H and O–H groups in total. The van der Waals surface area contributed by atoms with Crippen LogP contribution in [0.5, 0.6) is 0 Å². The molecule has 24 heavy (non-hydrogen) atoms. The minimum absolute atomic E-state index is 0.0648. The maximum Gasteiger partial charge on any atom is 0.256 e. The van der Waals surface area contributed by atoms with Gasteiger partial charge in [-0.1, -0.05) is 12.2 Å². The number of likely N-dealkylation sites (tertiary alicyclic amines) is 1. The van der Waals surface area contributed by atoms with Crippen LogP contribution in [-0.4, -0.2) is 33.4 Å².